The molecule has 1 amide bonds. The van der Waals surface area contributed by atoms with Gasteiger partial charge in [0.25, 0.3) is 5.91 Å². The fourth-order valence-corrected chi connectivity index (χ4v) is 2.83. The second-order valence-corrected chi connectivity index (χ2v) is 5.58. The summed E-state index contributed by atoms with van der Waals surface area (Å²) in [4.78, 5) is 16.5. The Morgan fingerprint density at radius 2 is 2.19 bits per heavy atom. The van der Waals surface area contributed by atoms with E-state index < -0.39 is 0 Å². The average Bonchev–Trinajstić information content (AvgIpc) is 2.55. The molecule has 1 atom stereocenters. The van der Waals surface area contributed by atoms with Crippen molar-refractivity contribution >= 4 is 11.6 Å². The summed E-state index contributed by atoms with van der Waals surface area (Å²) in [6, 6.07) is 3.76. The van der Waals surface area contributed by atoms with E-state index in [-0.39, 0.29) is 17.6 Å². The van der Waals surface area contributed by atoms with E-state index in [1.54, 1.807) is 12.3 Å². The number of ether oxygens (including phenoxy) is 1. The summed E-state index contributed by atoms with van der Waals surface area (Å²) in [7, 11) is 1.83. The Morgan fingerprint density at radius 1 is 1.43 bits per heavy atom. The van der Waals surface area contributed by atoms with Crippen LogP contribution in [-0.4, -0.2) is 36.2 Å². The maximum Gasteiger partial charge on any atom is 0.270 e. The van der Waals surface area contributed by atoms with Gasteiger partial charge in [-0.25, -0.2) is 4.98 Å². The third-order valence-corrected chi connectivity index (χ3v) is 4.40. The van der Waals surface area contributed by atoms with Gasteiger partial charge >= 0.3 is 0 Å². The molecule has 1 aliphatic heterocycles. The third-order valence-electron chi connectivity index (χ3n) is 4.40. The van der Waals surface area contributed by atoms with E-state index in [1.807, 2.05) is 13.1 Å². The second kappa shape index (κ2) is 6.89. The van der Waals surface area contributed by atoms with Crippen molar-refractivity contribution in [2.45, 2.75) is 51.2 Å². The van der Waals surface area contributed by atoms with Gasteiger partial charge in [-0.15, -0.1) is 0 Å². The van der Waals surface area contributed by atoms with Gasteiger partial charge in [0.1, 0.15) is 5.69 Å². The van der Waals surface area contributed by atoms with E-state index in [2.05, 4.69) is 29.5 Å². The predicted octanol–water partition coefficient (Wildman–Crippen LogP) is 2.59. The summed E-state index contributed by atoms with van der Waals surface area (Å²) in [5.74, 6) is -0.106. The van der Waals surface area contributed by atoms with Crippen molar-refractivity contribution < 1.29 is 9.53 Å². The maximum absolute atomic E-state index is 12.3. The van der Waals surface area contributed by atoms with Crippen LogP contribution in [0.3, 0.4) is 0 Å². The van der Waals surface area contributed by atoms with E-state index in [1.165, 1.54) is 0 Å². The van der Waals surface area contributed by atoms with E-state index in [9.17, 15) is 4.79 Å². The molecule has 1 unspecified atom stereocenters. The zero-order valence-corrected chi connectivity index (χ0v) is 13.1. The Kier molecular flexibility index (Phi) is 5.17. The number of nitrogens with one attached hydrogen (secondary N) is 2. The minimum Gasteiger partial charge on any atom is -0.387 e. The van der Waals surface area contributed by atoms with Crippen molar-refractivity contribution in [2.24, 2.45) is 0 Å². The summed E-state index contributed by atoms with van der Waals surface area (Å²) in [6.07, 6.45) is 5.36. The van der Waals surface area contributed by atoms with Gasteiger partial charge in [0, 0.05) is 19.7 Å². The molecule has 0 aromatic carbocycles. The van der Waals surface area contributed by atoms with Crippen LogP contribution >= 0.6 is 0 Å². The Labute approximate surface area is 126 Å². The van der Waals surface area contributed by atoms with Gasteiger partial charge in [0.05, 0.1) is 17.5 Å². The van der Waals surface area contributed by atoms with Gasteiger partial charge in [-0.1, -0.05) is 13.8 Å². The summed E-state index contributed by atoms with van der Waals surface area (Å²) >= 11 is 0. The lowest BCUT2D eigenvalue weighted by Gasteiger charge is -2.40. The number of carbonyl (C=O) groups is 1. The van der Waals surface area contributed by atoms with Crippen LogP contribution in [0.1, 0.15) is 50.0 Å². The number of anilines is 1. The Morgan fingerprint density at radius 3 is 2.76 bits per heavy atom. The maximum atomic E-state index is 12.3. The molecule has 21 heavy (non-hydrogen) atoms. The Balaban J connectivity index is 1.98. The van der Waals surface area contributed by atoms with Gasteiger partial charge in [0.2, 0.25) is 0 Å². The summed E-state index contributed by atoms with van der Waals surface area (Å²) in [5.41, 5.74) is 1.27. The first kappa shape index (κ1) is 15.8. The second-order valence-electron chi connectivity index (χ2n) is 5.58. The third kappa shape index (κ3) is 3.73. The Bertz CT molecular complexity index is 469. The minimum atomic E-state index is -0.106. The van der Waals surface area contributed by atoms with Gasteiger partial charge < -0.3 is 15.4 Å². The normalized spacial score (nSPS) is 20.8. The van der Waals surface area contributed by atoms with E-state index in [4.69, 9.17) is 4.74 Å². The first-order chi connectivity index (χ1) is 10.1. The van der Waals surface area contributed by atoms with E-state index in [0.717, 1.165) is 31.4 Å². The molecule has 0 saturated carbocycles. The molecule has 1 aliphatic rings. The summed E-state index contributed by atoms with van der Waals surface area (Å²) < 4.78 is 5.94. The molecule has 0 aliphatic carbocycles. The molecule has 1 aromatic rings. The first-order valence-corrected chi connectivity index (χ1v) is 7.71. The minimum absolute atomic E-state index is 0.0837. The monoisotopic (exact) mass is 291 g/mol. The smallest absolute Gasteiger partial charge is 0.270 e. The fraction of sp³-hybridized carbons (Fsp3) is 0.625. The highest BCUT2D eigenvalue weighted by Crippen LogP contribution is 2.31. The highest BCUT2D eigenvalue weighted by Gasteiger charge is 2.35. The van der Waals surface area contributed by atoms with Gasteiger partial charge in [-0.3, -0.25) is 4.79 Å². The number of nitrogens with zero attached hydrogens (tertiary/aromatic N) is 1. The van der Waals surface area contributed by atoms with Crippen molar-refractivity contribution in [2.75, 3.05) is 19.0 Å². The van der Waals surface area contributed by atoms with Gasteiger partial charge in [0.15, 0.2) is 0 Å². The SMILES string of the molecule is CCC1(CC)CC(NC(=O)c2ccc(NC)cn2)CCO1. The van der Waals surface area contributed by atoms with Gasteiger partial charge in [-0.2, -0.15) is 0 Å². The standard InChI is InChI=1S/C16H25N3O2/c1-4-16(5-2)10-12(8-9-21-16)19-15(20)14-7-6-13(17-3)11-18-14/h6-7,11-12,17H,4-5,8-10H2,1-3H3,(H,19,20). The molecular weight excluding hydrogens is 266 g/mol. The first-order valence-electron chi connectivity index (χ1n) is 7.71. The lowest BCUT2D eigenvalue weighted by molar-refractivity contribution is -0.0917. The van der Waals surface area contributed by atoms with E-state index >= 15 is 0 Å². The molecule has 116 valence electrons. The lowest BCUT2D eigenvalue weighted by atomic mass is 9.86. The fourth-order valence-electron chi connectivity index (χ4n) is 2.83. The molecule has 0 radical (unpaired) electrons. The molecule has 1 saturated heterocycles. The molecule has 0 spiro atoms. The van der Waals surface area contributed by atoms with Crippen LogP contribution in [0.2, 0.25) is 0 Å². The highest BCUT2D eigenvalue weighted by molar-refractivity contribution is 5.92. The van der Waals surface area contributed by atoms with E-state index in [0.29, 0.717) is 12.3 Å². The number of rotatable bonds is 5. The molecule has 2 rings (SSSR count). The Hall–Kier alpha value is -1.62. The predicted molar refractivity (Wildman–Crippen MR) is 83.5 cm³/mol. The van der Waals surface area contributed by atoms with Crippen LogP contribution in [-0.2, 0) is 4.74 Å². The van der Waals surface area contributed by atoms with Crippen LogP contribution in [0.5, 0.6) is 0 Å². The molecule has 5 nitrogen and oxygen atoms in total. The number of pyridine rings is 1. The molecule has 0 bridgehead atoms. The van der Waals surface area contributed by atoms with Crippen LogP contribution in [0.4, 0.5) is 5.69 Å². The van der Waals surface area contributed by atoms with Crippen molar-refractivity contribution in [3.8, 4) is 0 Å². The molecule has 1 aromatic heterocycles. The number of carbonyl (C=O) groups excluding carboxylic acids is 1. The summed E-state index contributed by atoms with van der Waals surface area (Å²) in [6.45, 7) is 5.00. The molecule has 1 fully saturated rings. The molecule has 2 N–H and O–H groups in total. The number of hydrogen-bond donors (Lipinski definition) is 2. The van der Waals surface area contributed by atoms with Crippen LogP contribution in [0.15, 0.2) is 18.3 Å². The van der Waals surface area contributed by atoms with Crippen molar-refractivity contribution in [3.63, 3.8) is 0 Å². The quantitative estimate of drug-likeness (QED) is 0.875. The zero-order chi connectivity index (χ0) is 15.3. The molecule has 5 heteroatoms. The average molecular weight is 291 g/mol. The van der Waals surface area contributed by atoms with Crippen molar-refractivity contribution in [1.29, 1.82) is 0 Å². The van der Waals surface area contributed by atoms with Gasteiger partial charge in [-0.05, 0) is 37.8 Å². The van der Waals surface area contributed by atoms with Crippen LogP contribution in [0, 0.1) is 0 Å². The molecular formula is C16H25N3O2. The summed E-state index contributed by atoms with van der Waals surface area (Å²) in [5, 5.41) is 6.08. The lowest BCUT2D eigenvalue weighted by Crippen LogP contribution is -2.48. The topological polar surface area (TPSA) is 63.2 Å². The number of hydrogen-bond acceptors (Lipinski definition) is 4. The molecule has 2 heterocycles. The number of aromatic nitrogens is 1. The van der Waals surface area contributed by atoms with Crippen molar-refractivity contribution in [3.05, 3.63) is 24.0 Å². The highest BCUT2D eigenvalue weighted by atomic mass is 16.5. The van der Waals surface area contributed by atoms with Crippen LogP contribution in [0.25, 0.3) is 0 Å². The zero-order valence-electron chi connectivity index (χ0n) is 13.1. The van der Waals surface area contributed by atoms with Crippen LogP contribution < -0.4 is 10.6 Å². The largest absolute Gasteiger partial charge is 0.387 e. The van der Waals surface area contributed by atoms with Crippen molar-refractivity contribution in [1.82, 2.24) is 10.3 Å². The number of amides is 1.